The molecule has 25 heavy (non-hydrogen) atoms. The van der Waals surface area contributed by atoms with Crippen molar-refractivity contribution >= 4 is 16.9 Å². The Labute approximate surface area is 153 Å². The Hall–Kier alpha value is -2.29. The van der Waals surface area contributed by atoms with Gasteiger partial charge in [-0.1, -0.05) is 44.4 Å². The van der Waals surface area contributed by atoms with Gasteiger partial charge in [0.25, 0.3) is 0 Å². The van der Waals surface area contributed by atoms with Gasteiger partial charge in [0.05, 0.1) is 11.4 Å². The van der Waals surface area contributed by atoms with Crippen LogP contribution in [0.25, 0.3) is 5.57 Å². The van der Waals surface area contributed by atoms with Crippen LogP contribution in [0.5, 0.6) is 0 Å². The Bertz CT molecular complexity index is 635. The lowest BCUT2D eigenvalue weighted by Gasteiger charge is -2.16. The molecule has 0 unspecified atom stereocenters. The molecule has 2 aromatic rings. The van der Waals surface area contributed by atoms with Gasteiger partial charge in [-0.05, 0) is 62.6 Å². The number of benzene rings is 1. The number of nitrogen functional groups attached to an aromatic ring is 1. The Morgan fingerprint density at radius 1 is 1.20 bits per heavy atom. The van der Waals surface area contributed by atoms with Crippen LogP contribution in [0.1, 0.15) is 57.6 Å². The zero-order valence-electron chi connectivity index (χ0n) is 16.2. The van der Waals surface area contributed by atoms with Crippen molar-refractivity contribution < 1.29 is 0 Å². The van der Waals surface area contributed by atoms with E-state index in [9.17, 15) is 0 Å². The molecule has 136 valence electrons. The van der Waals surface area contributed by atoms with Crippen molar-refractivity contribution in [2.75, 3.05) is 11.1 Å². The predicted octanol–water partition coefficient (Wildman–Crippen LogP) is 6.07. The summed E-state index contributed by atoms with van der Waals surface area (Å²) in [5.74, 6) is 0. The molecule has 0 aliphatic carbocycles. The number of hydrogen-bond acceptors (Lipinski definition) is 3. The fraction of sp³-hybridized carbons (Fsp3) is 0.409. The quantitative estimate of drug-likeness (QED) is 0.475. The summed E-state index contributed by atoms with van der Waals surface area (Å²) < 4.78 is 0. The van der Waals surface area contributed by atoms with Gasteiger partial charge in [0.15, 0.2) is 0 Å². The number of unbranched alkanes of at least 4 members (excludes halogenated alkanes) is 2. The second kappa shape index (κ2) is 11.3. The highest BCUT2D eigenvalue weighted by atomic mass is 14.9. The first-order valence-electron chi connectivity index (χ1n) is 9.12. The van der Waals surface area contributed by atoms with Gasteiger partial charge in [-0.2, -0.15) is 0 Å². The van der Waals surface area contributed by atoms with E-state index in [1.165, 1.54) is 31.2 Å². The second-order valence-corrected chi connectivity index (χ2v) is 6.65. The standard InChI is InChI=1S/C14H24N2.C8H9N/c1-4-5-6-7-12(3)16-14-9-8-11(2)10-13(14)15;1-7(2)8-3-5-9-6-4-8/h8-10,12,16H,4-7,15H2,1-3H3;3-6H,1H2,2H3/t12-;/m0./s1. The molecule has 0 spiro atoms. The lowest BCUT2D eigenvalue weighted by atomic mass is 10.1. The molecule has 3 nitrogen and oxygen atoms in total. The van der Waals surface area contributed by atoms with Crippen LogP contribution in [0.4, 0.5) is 11.4 Å². The van der Waals surface area contributed by atoms with Crippen molar-refractivity contribution in [1.29, 1.82) is 0 Å². The van der Waals surface area contributed by atoms with Crippen LogP contribution in [0.15, 0.2) is 49.3 Å². The SMILES string of the molecule is C=C(C)c1ccncc1.CCCCC[C@H](C)Nc1ccc(C)cc1N. The third-order valence-corrected chi connectivity index (χ3v) is 4.02. The molecule has 0 aliphatic heterocycles. The van der Waals surface area contributed by atoms with Crippen molar-refractivity contribution in [2.45, 2.75) is 59.4 Å². The van der Waals surface area contributed by atoms with Gasteiger partial charge in [-0.25, -0.2) is 0 Å². The fourth-order valence-electron chi connectivity index (χ4n) is 2.49. The van der Waals surface area contributed by atoms with Crippen LogP contribution >= 0.6 is 0 Å². The lowest BCUT2D eigenvalue weighted by Crippen LogP contribution is -2.15. The Morgan fingerprint density at radius 2 is 1.88 bits per heavy atom. The van der Waals surface area contributed by atoms with E-state index in [0.717, 1.165) is 22.5 Å². The smallest absolute Gasteiger partial charge is 0.0576 e. The van der Waals surface area contributed by atoms with Crippen LogP contribution in [0.2, 0.25) is 0 Å². The summed E-state index contributed by atoms with van der Waals surface area (Å²) in [6.45, 7) is 12.3. The number of nitrogens with two attached hydrogens (primary N) is 1. The van der Waals surface area contributed by atoms with Gasteiger partial charge in [0.2, 0.25) is 0 Å². The second-order valence-electron chi connectivity index (χ2n) is 6.65. The molecule has 1 heterocycles. The molecule has 0 bridgehead atoms. The van der Waals surface area contributed by atoms with Gasteiger partial charge in [0, 0.05) is 18.4 Å². The number of hydrogen-bond donors (Lipinski definition) is 2. The van der Waals surface area contributed by atoms with Crippen LogP contribution in [0.3, 0.4) is 0 Å². The summed E-state index contributed by atoms with van der Waals surface area (Å²) in [6, 6.07) is 10.6. The molecule has 0 saturated carbocycles. The minimum Gasteiger partial charge on any atom is -0.397 e. The summed E-state index contributed by atoms with van der Waals surface area (Å²) in [5.41, 5.74) is 11.3. The number of aryl methyl sites for hydroxylation is 1. The number of nitrogens with one attached hydrogen (secondary N) is 1. The minimum atomic E-state index is 0.497. The van der Waals surface area contributed by atoms with Gasteiger partial charge < -0.3 is 11.1 Å². The summed E-state index contributed by atoms with van der Waals surface area (Å²) in [4.78, 5) is 3.89. The van der Waals surface area contributed by atoms with Crippen molar-refractivity contribution in [3.8, 4) is 0 Å². The van der Waals surface area contributed by atoms with Crippen LogP contribution < -0.4 is 11.1 Å². The first kappa shape index (κ1) is 20.8. The molecule has 0 amide bonds. The van der Waals surface area contributed by atoms with E-state index >= 15 is 0 Å². The third kappa shape index (κ3) is 8.39. The predicted molar refractivity (Wildman–Crippen MR) is 112 cm³/mol. The molecule has 3 N–H and O–H groups in total. The van der Waals surface area contributed by atoms with Gasteiger partial charge in [0.1, 0.15) is 0 Å². The van der Waals surface area contributed by atoms with E-state index in [4.69, 9.17) is 5.73 Å². The molecule has 2 rings (SSSR count). The third-order valence-electron chi connectivity index (χ3n) is 4.02. The molecular weight excluding hydrogens is 306 g/mol. The van der Waals surface area contributed by atoms with E-state index in [-0.39, 0.29) is 0 Å². The van der Waals surface area contributed by atoms with Crippen LogP contribution in [-0.2, 0) is 0 Å². The van der Waals surface area contributed by atoms with Crippen LogP contribution in [0, 0.1) is 6.92 Å². The van der Waals surface area contributed by atoms with E-state index in [0.29, 0.717) is 6.04 Å². The Kier molecular flexibility index (Phi) is 9.38. The van der Waals surface area contributed by atoms with Gasteiger partial charge in [-0.15, -0.1) is 0 Å². The van der Waals surface area contributed by atoms with Crippen LogP contribution in [-0.4, -0.2) is 11.0 Å². The van der Waals surface area contributed by atoms with E-state index in [1.807, 2.05) is 25.1 Å². The maximum atomic E-state index is 5.96. The molecular formula is C22H33N3. The number of allylic oxidation sites excluding steroid dienone is 1. The maximum absolute atomic E-state index is 5.96. The highest BCUT2D eigenvalue weighted by molar-refractivity contribution is 5.67. The first-order chi connectivity index (χ1) is 11.9. The highest BCUT2D eigenvalue weighted by Gasteiger charge is 2.04. The summed E-state index contributed by atoms with van der Waals surface area (Å²) in [7, 11) is 0. The highest BCUT2D eigenvalue weighted by Crippen LogP contribution is 2.21. The van der Waals surface area contributed by atoms with E-state index < -0.39 is 0 Å². The molecule has 3 heteroatoms. The van der Waals surface area contributed by atoms with Gasteiger partial charge in [-0.3, -0.25) is 4.98 Å². The molecule has 0 fully saturated rings. The molecule has 0 saturated heterocycles. The molecule has 1 aromatic carbocycles. The average molecular weight is 340 g/mol. The molecule has 0 aliphatic rings. The van der Waals surface area contributed by atoms with Gasteiger partial charge >= 0.3 is 0 Å². The van der Waals surface area contributed by atoms with Crippen molar-refractivity contribution in [1.82, 2.24) is 4.98 Å². The normalized spacial score (nSPS) is 11.2. The zero-order chi connectivity index (χ0) is 18.7. The first-order valence-corrected chi connectivity index (χ1v) is 9.12. The number of nitrogens with zero attached hydrogens (tertiary/aromatic N) is 1. The van der Waals surface area contributed by atoms with Crippen molar-refractivity contribution in [2.24, 2.45) is 0 Å². The van der Waals surface area contributed by atoms with Crippen molar-refractivity contribution in [3.63, 3.8) is 0 Å². The summed E-state index contributed by atoms with van der Waals surface area (Å²) >= 11 is 0. The van der Waals surface area contributed by atoms with E-state index in [1.54, 1.807) is 12.4 Å². The van der Waals surface area contributed by atoms with Crippen molar-refractivity contribution in [3.05, 3.63) is 60.4 Å². The number of rotatable bonds is 7. The number of aromatic nitrogens is 1. The molecule has 0 radical (unpaired) electrons. The lowest BCUT2D eigenvalue weighted by molar-refractivity contribution is 0.615. The Balaban J connectivity index is 0.000000293. The van der Waals surface area contributed by atoms with E-state index in [2.05, 4.69) is 49.8 Å². The minimum absolute atomic E-state index is 0.497. The summed E-state index contributed by atoms with van der Waals surface area (Å²) in [6.07, 6.45) is 8.63. The molecule has 1 aromatic heterocycles. The zero-order valence-corrected chi connectivity index (χ0v) is 16.2. The largest absolute Gasteiger partial charge is 0.397 e. The monoisotopic (exact) mass is 339 g/mol. The fourth-order valence-corrected chi connectivity index (χ4v) is 2.49. The summed E-state index contributed by atoms with van der Waals surface area (Å²) in [5, 5.41) is 3.47. The number of pyridine rings is 1. The topological polar surface area (TPSA) is 50.9 Å². The Morgan fingerprint density at radius 3 is 2.40 bits per heavy atom. The molecule has 1 atom stereocenters. The average Bonchev–Trinajstić information content (AvgIpc) is 2.59. The maximum Gasteiger partial charge on any atom is 0.0576 e. The number of anilines is 2.